The minimum atomic E-state index is 0.0643. The minimum Gasteiger partial charge on any atom is -0.399 e. The summed E-state index contributed by atoms with van der Waals surface area (Å²) < 4.78 is 0. The SMILES string of the molecule is CC1(C)CCN(CCC(=O)Nc2ccc(N)cc2)C1. The van der Waals surface area contributed by atoms with Crippen LogP contribution in [0.4, 0.5) is 11.4 Å². The number of hydrogen-bond acceptors (Lipinski definition) is 3. The standard InChI is InChI=1S/C15H23N3O/c1-15(2)8-10-18(11-15)9-7-14(19)17-13-5-3-12(16)4-6-13/h3-6H,7-11,16H2,1-2H3,(H,17,19). The van der Waals surface area contributed by atoms with Gasteiger partial charge in [-0.3, -0.25) is 4.79 Å². The van der Waals surface area contributed by atoms with Crippen LogP contribution < -0.4 is 11.1 Å². The molecular formula is C15H23N3O. The second kappa shape index (κ2) is 5.61. The van der Waals surface area contributed by atoms with Crippen molar-refractivity contribution in [2.75, 3.05) is 30.7 Å². The Morgan fingerprint density at radius 1 is 1.37 bits per heavy atom. The van der Waals surface area contributed by atoms with Gasteiger partial charge in [0.25, 0.3) is 0 Å². The van der Waals surface area contributed by atoms with Gasteiger partial charge in [-0.25, -0.2) is 0 Å². The van der Waals surface area contributed by atoms with Gasteiger partial charge in [0, 0.05) is 30.9 Å². The summed E-state index contributed by atoms with van der Waals surface area (Å²) in [5.41, 5.74) is 7.51. The maximum atomic E-state index is 11.8. The predicted molar refractivity (Wildman–Crippen MR) is 78.9 cm³/mol. The first-order chi connectivity index (χ1) is 8.94. The fourth-order valence-corrected chi connectivity index (χ4v) is 2.46. The number of amides is 1. The maximum Gasteiger partial charge on any atom is 0.225 e. The third-order valence-electron chi connectivity index (χ3n) is 3.61. The van der Waals surface area contributed by atoms with E-state index in [-0.39, 0.29) is 5.91 Å². The van der Waals surface area contributed by atoms with Crippen LogP contribution in [-0.4, -0.2) is 30.4 Å². The van der Waals surface area contributed by atoms with Gasteiger partial charge < -0.3 is 16.0 Å². The smallest absolute Gasteiger partial charge is 0.225 e. The molecular weight excluding hydrogens is 238 g/mol. The molecule has 1 aliphatic rings. The molecule has 0 aromatic heterocycles. The minimum absolute atomic E-state index is 0.0643. The third kappa shape index (κ3) is 4.24. The normalized spacial score (nSPS) is 18.4. The number of rotatable bonds is 4. The zero-order valence-electron chi connectivity index (χ0n) is 11.8. The molecule has 0 unspecified atom stereocenters. The lowest BCUT2D eigenvalue weighted by molar-refractivity contribution is -0.116. The summed E-state index contributed by atoms with van der Waals surface area (Å²) in [6.45, 7) is 7.58. The van der Waals surface area contributed by atoms with Crippen molar-refractivity contribution >= 4 is 17.3 Å². The molecule has 3 N–H and O–H groups in total. The fourth-order valence-electron chi connectivity index (χ4n) is 2.46. The third-order valence-corrected chi connectivity index (χ3v) is 3.61. The van der Waals surface area contributed by atoms with Gasteiger partial charge in [-0.05, 0) is 42.6 Å². The summed E-state index contributed by atoms with van der Waals surface area (Å²) >= 11 is 0. The van der Waals surface area contributed by atoms with Crippen LogP contribution in [0.15, 0.2) is 24.3 Å². The molecule has 0 atom stereocenters. The molecule has 4 heteroatoms. The highest BCUT2D eigenvalue weighted by Gasteiger charge is 2.28. The zero-order chi connectivity index (χ0) is 13.9. The number of nitrogens with zero attached hydrogens (tertiary/aromatic N) is 1. The van der Waals surface area contributed by atoms with E-state index >= 15 is 0 Å². The van der Waals surface area contributed by atoms with Gasteiger partial charge in [0.2, 0.25) is 5.91 Å². The number of nitrogens with one attached hydrogen (secondary N) is 1. The Kier molecular flexibility index (Phi) is 4.10. The molecule has 1 aromatic rings. The molecule has 0 saturated carbocycles. The Bertz CT molecular complexity index is 439. The van der Waals surface area contributed by atoms with Crippen LogP contribution in [0.2, 0.25) is 0 Å². The average Bonchev–Trinajstić information content (AvgIpc) is 2.69. The van der Waals surface area contributed by atoms with Crippen molar-refractivity contribution in [1.29, 1.82) is 0 Å². The van der Waals surface area contributed by atoms with E-state index in [1.54, 1.807) is 12.1 Å². The number of hydrogen-bond donors (Lipinski definition) is 2. The first kappa shape index (κ1) is 13.9. The van der Waals surface area contributed by atoms with Crippen molar-refractivity contribution < 1.29 is 4.79 Å². The van der Waals surface area contributed by atoms with Crippen molar-refractivity contribution in [2.45, 2.75) is 26.7 Å². The number of anilines is 2. The highest BCUT2D eigenvalue weighted by molar-refractivity contribution is 5.90. The quantitative estimate of drug-likeness (QED) is 0.818. The molecule has 0 aliphatic carbocycles. The highest BCUT2D eigenvalue weighted by Crippen LogP contribution is 2.28. The molecule has 0 spiro atoms. The molecule has 1 heterocycles. The molecule has 2 rings (SSSR count). The molecule has 4 nitrogen and oxygen atoms in total. The topological polar surface area (TPSA) is 58.4 Å². The van der Waals surface area contributed by atoms with E-state index in [1.165, 1.54) is 6.42 Å². The van der Waals surface area contributed by atoms with E-state index in [1.807, 2.05) is 12.1 Å². The Morgan fingerprint density at radius 3 is 2.63 bits per heavy atom. The van der Waals surface area contributed by atoms with Gasteiger partial charge in [-0.2, -0.15) is 0 Å². The largest absolute Gasteiger partial charge is 0.399 e. The van der Waals surface area contributed by atoms with Crippen molar-refractivity contribution in [3.63, 3.8) is 0 Å². The second-order valence-electron chi connectivity index (χ2n) is 6.11. The molecule has 0 bridgehead atoms. The number of likely N-dealkylation sites (tertiary alicyclic amines) is 1. The lowest BCUT2D eigenvalue weighted by Gasteiger charge is -2.19. The number of nitrogen functional groups attached to an aromatic ring is 1. The first-order valence-corrected chi connectivity index (χ1v) is 6.82. The second-order valence-corrected chi connectivity index (χ2v) is 6.11. The Hall–Kier alpha value is -1.55. The summed E-state index contributed by atoms with van der Waals surface area (Å²) in [6.07, 6.45) is 1.76. The van der Waals surface area contributed by atoms with Crippen LogP contribution >= 0.6 is 0 Å². The summed E-state index contributed by atoms with van der Waals surface area (Å²) in [6, 6.07) is 7.23. The molecule has 1 amide bonds. The maximum absolute atomic E-state index is 11.8. The van der Waals surface area contributed by atoms with E-state index in [9.17, 15) is 4.79 Å². The molecule has 19 heavy (non-hydrogen) atoms. The van der Waals surface area contributed by atoms with Gasteiger partial charge in [0.05, 0.1) is 0 Å². The van der Waals surface area contributed by atoms with Gasteiger partial charge in [-0.1, -0.05) is 13.8 Å². The van der Waals surface area contributed by atoms with Gasteiger partial charge in [0.1, 0.15) is 0 Å². The van der Waals surface area contributed by atoms with E-state index in [4.69, 9.17) is 5.73 Å². The van der Waals surface area contributed by atoms with Gasteiger partial charge in [-0.15, -0.1) is 0 Å². The summed E-state index contributed by atoms with van der Waals surface area (Å²) in [5.74, 6) is 0.0643. The fraction of sp³-hybridized carbons (Fsp3) is 0.533. The molecule has 104 valence electrons. The van der Waals surface area contributed by atoms with E-state index in [0.29, 0.717) is 17.5 Å². The Labute approximate surface area is 115 Å². The van der Waals surface area contributed by atoms with Crippen molar-refractivity contribution in [1.82, 2.24) is 4.90 Å². The predicted octanol–water partition coefficient (Wildman–Crippen LogP) is 2.33. The van der Waals surface area contributed by atoms with E-state index in [2.05, 4.69) is 24.1 Å². The van der Waals surface area contributed by atoms with Gasteiger partial charge in [0.15, 0.2) is 0 Å². The van der Waals surface area contributed by atoms with Crippen molar-refractivity contribution in [3.05, 3.63) is 24.3 Å². The van der Waals surface area contributed by atoms with Gasteiger partial charge >= 0.3 is 0 Å². The zero-order valence-corrected chi connectivity index (χ0v) is 11.8. The highest BCUT2D eigenvalue weighted by atomic mass is 16.1. The number of nitrogens with two attached hydrogens (primary N) is 1. The number of carbonyl (C=O) groups excluding carboxylic acids is 1. The van der Waals surface area contributed by atoms with Crippen LogP contribution in [0.1, 0.15) is 26.7 Å². The van der Waals surface area contributed by atoms with Crippen LogP contribution in [-0.2, 0) is 4.79 Å². The van der Waals surface area contributed by atoms with Crippen LogP contribution in [0.25, 0.3) is 0 Å². The molecule has 1 fully saturated rings. The summed E-state index contributed by atoms with van der Waals surface area (Å²) in [4.78, 5) is 14.2. The number of carbonyl (C=O) groups is 1. The monoisotopic (exact) mass is 261 g/mol. The summed E-state index contributed by atoms with van der Waals surface area (Å²) in [7, 11) is 0. The molecule has 1 aliphatic heterocycles. The Balaban J connectivity index is 1.75. The first-order valence-electron chi connectivity index (χ1n) is 6.82. The lowest BCUT2D eigenvalue weighted by Crippen LogP contribution is -2.27. The molecule has 0 radical (unpaired) electrons. The van der Waals surface area contributed by atoms with E-state index in [0.717, 1.165) is 25.3 Å². The van der Waals surface area contributed by atoms with Crippen LogP contribution in [0, 0.1) is 5.41 Å². The van der Waals surface area contributed by atoms with Crippen LogP contribution in [0.3, 0.4) is 0 Å². The van der Waals surface area contributed by atoms with Crippen molar-refractivity contribution in [2.24, 2.45) is 5.41 Å². The van der Waals surface area contributed by atoms with Crippen LogP contribution in [0.5, 0.6) is 0 Å². The van der Waals surface area contributed by atoms with E-state index < -0.39 is 0 Å². The summed E-state index contributed by atoms with van der Waals surface area (Å²) in [5, 5.41) is 2.89. The average molecular weight is 261 g/mol. The molecule has 1 saturated heterocycles. The molecule has 1 aromatic carbocycles. The Morgan fingerprint density at radius 2 is 2.05 bits per heavy atom. The lowest BCUT2D eigenvalue weighted by atomic mass is 9.93. The number of benzene rings is 1. The van der Waals surface area contributed by atoms with Crippen molar-refractivity contribution in [3.8, 4) is 0 Å².